The summed E-state index contributed by atoms with van der Waals surface area (Å²) in [4.78, 5) is 15.1. The van der Waals surface area contributed by atoms with E-state index in [1.54, 1.807) is 33.4 Å². The molecule has 2 aliphatic carbocycles. The second-order valence-electron chi connectivity index (χ2n) is 9.67. The summed E-state index contributed by atoms with van der Waals surface area (Å²) in [6.07, 6.45) is 3.29. The van der Waals surface area contributed by atoms with E-state index in [0.29, 0.717) is 55.1 Å². The normalized spacial score (nSPS) is 18.9. The minimum Gasteiger partial charge on any atom is -0.335 e. The van der Waals surface area contributed by atoms with Gasteiger partial charge in [0, 0.05) is 25.7 Å². The molecule has 6 rings (SSSR count). The Balaban J connectivity index is 1.27. The van der Waals surface area contributed by atoms with Crippen molar-refractivity contribution in [3.8, 4) is 17.6 Å². The number of aromatic nitrogens is 6. The molecule has 0 bridgehead atoms. The van der Waals surface area contributed by atoms with Crippen molar-refractivity contribution < 1.29 is 13.2 Å². The van der Waals surface area contributed by atoms with E-state index in [1.807, 2.05) is 12.1 Å². The lowest BCUT2D eigenvalue weighted by atomic mass is 10.0. The third kappa shape index (κ3) is 3.53. The minimum absolute atomic E-state index is 0.198. The molecule has 11 nitrogen and oxygen atoms in total. The number of carbonyl (C=O) groups excluding carboxylic acids is 1. The van der Waals surface area contributed by atoms with Crippen molar-refractivity contribution in [3.05, 3.63) is 46.6 Å². The zero-order valence-corrected chi connectivity index (χ0v) is 20.1. The van der Waals surface area contributed by atoms with Gasteiger partial charge in [-0.1, -0.05) is 12.1 Å². The van der Waals surface area contributed by atoms with Crippen LogP contribution in [0.2, 0.25) is 0 Å². The number of nitrogens with zero attached hydrogens (tertiary/aromatic N) is 8. The van der Waals surface area contributed by atoms with Gasteiger partial charge in [0.15, 0.2) is 9.84 Å². The van der Waals surface area contributed by atoms with Crippen LogP contribution >= 0.6 is 0 Å². The lowest BCUT2D eigenvalue weighted by molar-refractivity contribution is 0.0724. The Kier molecular flexibility index (Phi) is 4.83. The third-order valence-corrected chi connectivity index (χ3v) is 10.4. The molecule has 3 aliphatic rings. The van der Waals surface area contributed by atoms with Crippen LogP contribution in [0.4, 0.5) is 0 Å². The van der Waals surface area contributed by atoms with Crippen molar-refractivity contribution in [3.63, 3.8) is 0 Å². The molecule has 0 N–H and O–H groups in total. The van der Waals surface area contributed by atoms with Gasteiger partial charge in [0.05, 0.1) is 28.2 Å². The number of aryl methyl sites for hydroxylation is 1. The predicted octanol–water partition coefficient (Wildman–Crippen LogP) is 1.10. The lowest BCUT2D eigenvalue weighted by Gasteiger charge is -2.31. The molecule has 0 saturated heterocycles. The molecular formula is C23H24N8O3S. The highest BCUT2D eigenvalue weighted by atomic mass is 32.2. The van der Waals surface area contributed by atoms with Crippen molar-refractivity contribution in [2.24, 2.45) is 7.05 Å². The van der Waals surface area contributed by atoms with E-state index >= 15 is 0 Å². The van der Waals surface area contributed by atoms with Crippen LogP contribution in [0.5, 0.6) is 0 Å². The minimum atomic E-state index is -3.20. The topological polar surface area (TPSA) is 140 Å². The second kappa shape index (κ2) is 7.71. The summed E-state index contributed by atoms with van der Waals surface area (Å²) in [6, 6.07) is 9.28. The van der Waals surface area contributed by atoms with E-state index in [2.05, 4.69) is 26.7 Å². The molecule has 0 spiro atoms. The highest BCUT2D eigenvalue weighted by Gasteiger charge is 2.60. The molecule has 2 fully saturated rings. The molecule has 12 heteroatoms. The van der Waals surface area contributed by atoms with Gasteiger partial charge in [0.1, 0.15) is 11.4 Å². The standard InChI is InChI=1S/C23H24N8O3S/c1-29-20-18(8-11-30(22(20)32)14-23(9-10-23)35(33,34)17-6-7-17)19(26-29)21-25-27-28-31(21)13-16-4-2-15(12-24)3-5-16/h2-5,17H,6-11,13-14H2,1H3. The number of rotatable bonds is 7. The van der Waals surface area contributed by atoms with E-state index in [-0.39, 0.29) is 17.7 Å². The first-order valence-corrected chi connectivity index (χ1v) is 13.2. The summed E-state index contributed by atoms with van der Waals surface area (Å²) in [6.45, 7) is 1.08. The largest absolute Gasteiger partial charge is 0.335 e. The smallest absolute Gasteiger partial charge is 0.272 e. The highest BCUT2D eigenvalue weighted by Crippen LogP contribution is 2.51. The maximum Gasteiger partial charge on any atom is 0.272 e. The van der Waals surface area contributed by atoms with Gasteiger partial charge in [-0.3, -0.25) is 9.48 Å². The molecule has 0 atom stereocenters. The number of carbonyl (C=O) groups is 1. The number of nitriles is 1. The van der Waals surface area contributed by atoms with Gasteiger partial charge in [-0.15, -0.1) is 5.10 Å². The van der Waals surface area contributed by atoms with Gasteiger partial charge in [0.25, 0.3) is 5.91 Å². The van der Waals surface area contributed by atoms with Crippen molar-refractivity contribution in [2.75, 3.05) is 13.1 Å². The fourth-order valence-electron chi connectivity index (χ4n) is 4.99. The first kappa shape index (κ1) is 21.9. The van der Waals surface area contributed by atoms with E-state index < -0.39 is 14.6 Å². The van der Waals surface area contributed by atoms with Gasteiger partial charge < -0.3 is 4.90 Å². The summed E-state index contributed by atoms with van der Waals surface area (Å²) in [5.74, 6) is 0.262. The Morgan fingerprint density at radius 2 is 1.94 bits per heavy atom. The van der Waals surface area contributed by atoms with Crippen LogP contribution in [0.15, 0.2) is 24.3 Å². The van der Waals surface area contributed by atoms with Gasteiger partial charge >= 0.3 is 0 Å². The van der Waals surface area contributed by atoms with E-state index in [0.717, 1.165) is 24.0 Å². The molecule has 0 unspecified atom stereocenters. The molecule has 1 aromatic carbocycles. The van der Waals surface area contributed by atoms with Gasteiger partial charge in [-0.25, -0.2) is 13.1 Å². The molecule has 3 heterocycles. The van der Waals surface area contributed by atoms with Crippen molar-refractivity contribution in [2.45, 2.75) is 48.6 Å². The molecule has 3 aromatic rings. The summed E-state index contributed by atoms with van der Waals surface area (Å²) in [5, 5.41) is 25.5. The van der Waals surface area contributed by atoms with Crippen molar-refractivity contribution in [1.29, 1.82) is 5.26 Å². The van der Waals surface area contributed by atoms with Crippen molar-refractivity contribution in [1.82, 2.24) is 34.9 Å². The summed E-state index contributed by atoms with van der Waals surface area (Å²) in [7, 11) is -1.48. The Morgan fingerprint density at radius 1 is 1.20 bits per heavy atom. The zero-order valence-electron chi connectivity index (χ0n) is 19.3. The van der Waals surface area contributed by atoms with Crippen LogP contribution in [0.25, 0.3) is 11.5 Å². The fourth-order valence-corrected chi connectivity index (χ4v) is 7.46. The van der Waals surface area contributed by atoms with E-state index in [9.17, 15) is 13.2 Å². The molecule has 2 saturated carbocycles. The zero-order chi connectivity index (χ0) is 24.4. The average molecular weight is 493 g/mol. The maximum absolute atomic E-state index is 13.5. The molecule has 2 aromatic heterocycles. The Bertz CT molecular complexity index is 1470. The van der Waals surface area contributed by atoms with Crippen LogP contribution in [0, 0.1) is 11.3 Å². The first-order chi connectivity index (χ1) is 16.8. The summed E-state index contributed by atoms with van der Waals surface area (Å²) in [5.41, 5.74) is 3.29. The number of hydrogen-bond acceptors (Lipinski definition) is 8. The van der Waals surface area contributed by atoms with Crippen molar-refractivity contribution >= 4 is 15.7 Å². The highest BCUT2D eigenvalue weighted by molar-refractivity contribution is 7.94. The number of sulfone groups is 1. The number of tetrazole rings is 1. The molecule has 1 aliphatic heterocycles. The lowest BCUT2D eigenvalue weighted by Crippen LogP contribution is -2.46. The van der Waals surface area contributed by atoms with Crippen LogP contribution in [0.1, 0.15) is 52.9 Å². The predicted molar refractivity (Wildman–Crippen MR) is 124 cm³/mol. The second-order valence-corrected chi connectivity index (χ2v) is 12.3. The molecule has 180 valence electrons. The van der Waals surface area contributed by atoms with Crippen LogP contribution in [0.3, 0.4) is 0 Å². The van der Waals surface area contributed by atoms with Gasteiger partial charge in [0.2, 0.25) is 5.82 Å². The monoisotopic (exact) mass is 492 g/mol. The van der Waals surface area contributed by atoms with Crippen LogP contribution in [-0.4, -0.2) is 72.3 Å². The first-order valence-electron chi connectivity index (χ1n) is 11.7. The van der Waals surface area contributed by atoms with Crippen LogP contribution < -0.4 is 0 Å². The van der Waals surface area contributed by atoms with Gasteiger partial charge in [-0.05, 0) is 60.2 Å². The molecule has 1 amide bonds. The van der Waals surface area contributed by atoms with Gasteiger partial charge in [-0.2, -0.15) is 10.4 Å². The molecule has 35 heavy (non-hydrogen) atoms. The average Bonchev–Trinajstić information content (AvgIpc) is 3.77. The Hall–Kier alpha value is -3.59. The third-order valence-electron chi connectivity index (χ3n) is 7.28. The number of hydrogen-bond donors (Lipinski definition) is 0. The number of fused-ring (bicyclic) bond motifs is 1. The molecule has 0 radical (unpaired) electrons. The fraction of sp³-hybridized carbons (Fsp3) is 0.478. The SMILES string of the molecule is Cn1nc(-c2nnnn2Cc2ccc(C#N)cc2)c2c1C(=O)N(CC1(S(=O)(=O)C3CC3)CC1)CC2. The van der Waals surface area contributed by atoms with E-state index in [4.69, 9.17) is 5.26 Å². The van der Waals surface area contributed by atoms with E-state index in [1.165, 1.54) is 0 Å². The Labute approximate surface area is 202 Å². The quantitative estimate of drug-likeness (QED) is 0.478. The number of benzene rings is 1. The molecular weight excluding hydrogens is 468 g/mol. The number of amides is 1. The summed E-state index contributed by atoms with van der Waals surface area (Å²) >= 11 is 0. The maximum atomic E-state index is 13.5. The summed E-state index contributed by atoms with van der Waals surface area (Å²) < 4.78 is 28.3. The van der Waals surface area contributed by atoms with Crippen LogP contribution in [-0.2, 0) is 29.9 Å². The Morgan fingerprint density at radius 3 is 2.60 bits per heavy atom.